The third kappa shape index (κ3) is 3.96. The standard InChI is InChI=1S/C28H27FN4O2S/c1-31-15-13-22-23-16-33(28(34)30-20-9-11-21(35-2)12-10-20)26(18-5-7-19(29)8-6-18)24-4-3-14-32(24)27(23)36-25(22)17-31/h3-12,14,26H,13,15-17H2,1-2H3,(H,30,34)/t26-/m1/s1. The Morgan fingerprint density at radius 1 is 1.06 bits per heavy atom. The number of likely N-dealkylation sites (N-methyl/N-ethyl adjacent to an activating group) is 1. The Morgan fingerprint density at radius 2 is 1.83 bits per heavy atom. The van der Waals surface area contributed by atoms with Gasteiger partial charge in [-0.05, 0) is 73.1 Å². The van der Waals surface area contributed by atoms with Crippen LogP contribution in [0.1, 0.15) is 33.3 Å². The Bertz CT molecular complexity index is 1410. The number of nitrogens with zero attached hydrogens (tertiary/aromatic N) is 3. The quantitative estimate of drug-likeness (QED) is 0.385. The van der Waals surface area contributed by atoms with Crippen LogP contribution in [0.2, 0.25) is 0 Å². The van der Waals surface area contributed by atoms with E-state index >= 15 is 0 Å². The van der Waals surface area contributed by atoms with Crippen LogP contribution >= 0.6 is 11.3 Å². The van der Waals surface area contributed by atoms with E-state index in [2.05, 4.69) is 34.1 Å². The second kappa shape index (κ2) is 9.11. The molecule has 4 heterocycles. The van der Waals surface area contributed by atoms with Crippen molar-refractivity contribution >= 4 is 23.1 Å². The van der Waals surface area contributed by atoms with Crippen LogP contribution in [0.15, 0.2) is 66.9 Å². The lowest BCUT2D eigenvalue weighted by atomic mass is 10.0. The number of urea groups is 1. The molecule has 0 spiro atoms. The molecule has 6 rings (SSSR count). The Morgan fingerprint density at radius 3 is 2.58 bits per heavy atom. The smallest absolute Gasteiger partial charge is 0.322 e. The van der Waals surface area contributed by atoms with Gasteiger partial charge in [-0.25, -0.2) is 9.18 Å². The number of ether oxygens (including phenoxy) is 1. The Balaban J connectivity index is 1.46. The van der Waals surface area contributed by atoms with Gasteiger partial charge in [0.2, 0.25) is 0 Å². The molecule has 1 N–H and O–H groups in total. The fraction of sp³-hybridized carbons (Fsp3) is 0.250. The molecule has 0 aliphatic carbocycles. The van der Waals surface area contributed by atoms with Gasteiger partial charge in [0, 0.05) is 35.4 Å². The molecule has 2 aliphatic rings. The maximum atomic E-state index is 13.9. The van der Waals surface area contributed by atoms with Gasteiger partial charge in [0.25, 0.3) is 0 Å². The zero-order valence-corrected chi connectivity index (χ0v) is 21.0. The van der Waals surface area contributed by atoms with Crippen LogP contribution in [0.5, 0.6) is 5.75 Å². The molecular weight excluding hydrogens is 475 g/mol. The lowest BCUT2D eigenvalue weighted by Gasteiger charge is -2.32. The number of methoxy groups -OCH3 is 1. The van der Waals surface area contributed by atoms with Crippen molar-refractivity contribution in [3.05, 3.63) is 99.9 Å². The van der Waals surface area contributed by atoms with Gasteiger partial charge in [0.05, 0.1) is 25.4 Å². The van der Waals surface area contributed by atoms with E-state index in [9.17, 15) is 9.18 Å². The molecule has 0 saturated carbocycles. The maximum absolute atomic E-state index is 13.9. The van der Waals surface area contributed by atoms with Gasteiger partial charge in [-0.15, -0.1) is 11.3 Å². The van der Waals surface area contributed by atoms with Crippen molar-refractivity contribution in [3.8, 4) is 10.8 Å². The summed E-state index contributed by atoms with van der Waals surface area (Å²) in [5, 5.41) is 4.25. The molecule has 0 radical (unpaired) electrons. The molecule has 8 heteroatoms. The molecule has 2 aromatic heterocycles. The van der Waals surface area contributed by atoms with E-state index in [-0.39, 0.29) is 17.9 Å². The summed E-state index contributed by atoms with van der Waals surface area (Å²) in [5.74, 6) is 0.429. The summed E-state index contributed by atoms with van der Waals surface area (Å²) in [6.45, 7) is 2.38. The number of anilines is 1. The largest absolute Gasteiger partial charge is 0.497 e. The number of carbonyl (C=O) groups is 1. The topological polar surface area (TPSA) is 49.7 Å². The number of halogens is 1. The van der Waals surface area contributed by atoms with Crippen LogP contribution in [-0.4, -0.2) is 41.1 Å². The lowest BCUT2D eigenvalue weighted by Crippen LogP contribution is -2.38. The average Bonchev–Trinajstić information content (AvgIpc) is 3.46. The van der Waals surface area contributed by atoms with Crippen molar-refractivity contribution < 1.29 is 13.9 Å². The van der Waals surface area contributed by atoms with E-state index in [1.807, 2.05) is 46.6 Å². The molecular formula is C28H27FN4O2S. The van der Waals surface area contributed by atoms with Gasteiger partial charge in [-0.2, -0.15) is 0 Å². The molecule has 2 amide bonds. The van der Waals surface area contributed by atoms with Crippen LogP contribution in [0.25, 0.3) is 5.00 Å². The molecule has 6 nitrogen and oxygen atoms in total. The predicted molar refractivity (Wildman–Crippen MR) is 139 cm³/mol. The SMILES string of the molecule is COc1ccc(NC(=O)N2Cc3c(sc4c3CCN(C)C4)-n3cccc3[C@H]2c2ccc(F)cc2)cc1. The summed E-state index contributed by atoms with van der Waals surface area (Å²) in [6.07, 6.45) is 3.03. The highest BCUT2D eigenvalue weighted by atomic mass is 32.1. The number of hydrogen-bond acceptors (Lipinski definition) is 4. The Labute approximate surface area is 213 Å². The number of benzene rings is 2. The number of amides is 2. The Hall–Kier alpha value is -3.62. The maximum Gasteiger partial charge on any atom is 0.322 e. The van der Waals surface area contributed by atoms with Crippen LogP contribution in [0.4, 0.5) is 14.9 Å². The van der Waals surface area contributed by atoms with Gasteiger partial charge in [-0.3, -0.25) is 0 Å². The van der Waals surface area contributed by atoms with Crippen LogP contribution in [-0.2, 0) is 19.5 Å². The zero-order valence-electron chi connectivity index (χ0n) is 20.2. The number of hydrogen-bond donors (Lipinski definition) is 1. The highest BCUT2D eigenvalue weighted by Crippen LogP contribution is 2.43. The van der Waals surface area contributed by atoms with E-state index in [4.69, 9.17) is 4.74 Å². The minimum Gasteiger partial charge on any atom is -0.497 e. The monoisotopic (exact) mass is 502 g/mol. The summed E-state index contributed by atoms with van der Waals surface area (Å²) in [7, 11) is 3.76. The van der Waals surface area contributed by atoms with Crippen molar-refractivity contribution in [2.45, 2.75) is 25.6 Å². The molecule has 2 aromatic carbocycles. The summed E-state index contributed by atoms with van der Waals surface area (Å²) < 4.78 is 21.3. The average molecular weight is 503 g/mol. The van der Waals surface area contributed by atoms with Crippen molar-refractivity contribution in [1.29, 1.82) is 0 Å². The van der Waals surface area contributed by atoms with Gasteiger partial charge >= 0.3 is 6.03 Å². The van der Waals surface area contributed by atoms with Gasteiger partial charge in [-0.1, -0.05) is 12.1 Å². The van der Waals surface area contributed by atoms with Crippen molar-refractivity contribution in [1.82, 2.24) is 14.4 Å². The first-order chi connectivity index (χ1) is 17.5. The minimum atomic E-state index is -0.375. The van der Waals surface area contributed by atoms with Gasteiger partial charge < -0.3 is 24.4 Å². The van der Waals surface area contributed by atoms with Crippen molar-refractivity contribution in [2.75, 3.05) is 26.0 Å². The molecule has 2 aliphatic heterocycles. The van der Waals surface area contributed by atoms with Crippen LogP contribution in [0.3, 0.4) is 0 Å². The van der Waals surface area contributed by atoms with E-state index in [0.717, 1.165) is 36.5 Å². The zero-order chi connectivity index (χ0) is 24.8. The molecule has 0 unspecified atom stereocenters. The lowest BCUT2D eigenvalue weighted by molar-refractivity contribution is 0.194. The number of thiophene rings is 1. The molecule has 0 fully saturated rings. The molecule has 184 valence electrons. The second-order valence-electron chi connectivity index (χ2n) is 9.32. The van der Waals surface area contributed by atoms with E-state index < -0.39 is 0 Å². The Kier molecular flexibility index (Phi) is 5.78. The third-order valence-electron chi connectivity index (χ3n) is 7.04. The van der Waals surface area contributed by atoms with Gasteiger partial charge in [0.15, 0.2) is 0 Å². The molecule has 4 aromatic rings. The van der Waals surface area contributed by atoms with Crippen molar-refractivity contribution in [2.24, 2.45) is 0 Å². The van der Waals surface area contributed by atoms with Gasteiger partial charge in [0.1, 0.15) is 16.6 Å². The normalized spacial score (nSPS) is 17.1. The molecule has 0 bridgehead atoms. The first-order valence-corrected chi connectivity index (χ1v) is 12.8. The predicted octanol–water partition coefficient (Wildman–Crippen LogP) is 5.81. The second-order valence-corrected chi connectivity index (χ2v) is 10.4. The summed E-state index contributed by atoms with van der Waals surface area (Å²) in [6, 6.07) is 17.3. The number of nitrogens with one attached hydrogen (secondary N) is 1. The summed E-state index contributed by atoms with van der Waals surface area (Å²) >= 11 is 1.81. The highest BCUT2D eigenvalue weighted by Gasteiger charge is 2.36. The fourth-order valence-electron chi connectivity index (χ4n) is 5.22. The number of fused-ring (bicyclic) bond motifs is 5. The van der Waals surface area contributed by atoms with E-state index in [1.165, 1.54) is 33.1 Å². The number of carbonyl (C=O) groups excluding carboxylic acids is 1. The minimum absolute atomic E-state index is 0.206. The number of rotatable bonds is 3. The highest BCUT2D eigenvalue weighted by molar-refractivity contribution is 7.15. The third-order valence-corrected chi connectivity index (χ3v) is 8.30. The van der Waals surface area contributed by atoms with E-state index in [1.54, 1.807) is 19.2 Å². The first kappa shape index (κ1) is 22.8. The summed E-state index contributed by atoms with van der Waals surface area (Å²) in [4.78, 5) is 19.5. The number of aromatic nitrogens is 1. The summed E-state index contributed by atoms with van der Waals surface area (Å²) in [5.41, 5.74) is 5.10. The first-order valence-electron chi connectivity index (χ1n) is 12.0. The van der Waals surface area contributed by atoms with Crippen LogP contribution < -0.4 is 10.1 Å². The van der Waals surface area contributed by atoms with Crippen LogP contribution in [0, 0.1) is 5.82 Å². The van der Waals surface area contributed by atoms with Crippen molar-refractivity contribution in [3.63, 3.8) is 0 Å². The molecule has 1 atom stereocenters. The van der Waals surface area contributed by atoms with E-state index in [0.29, 0.717) is 12.2 Å². The molecule has 0 saturated heterocycles. The fourth-order valence-corrected chi connectivity index (χ4v) is 6.66. The molecule has 36 heavy (non-hydrogen) atoms.